The Hall–Kier alpha value is -2.08. The molecule has 0 aliphatic carbocycles. The lowest BCUT2D eigenvalue weighted by atomic mass is 10.1. The third-order valence-corrected chi connectivity index (χ3v) is 3.11. The number of benzene rings is 1. The maximum Gasteiger partial charge on any atom is 0.307 e. The number of phenols is 1. The van der Waals surface area contributed by atoms with Crippen LogP contribution in [-0.4, -0.2) is 55.8 Å². The summed E-state index contributed by atoms with van der Waals surface area (Å²) in [5.41, 5.74) is 1.18. The van der Waals surface area contributed by atoms with Crippen LogP contribution in [0.5, 0.6) is 5.75 Å². The van der Waals surface area contributed by atoms with Crippen LogP contribution in [0.15, 0.2) is 18.2 Å². The van der Waals surface area contributed by atoms with Crippen LogP contribution in [0.1, 0.15) is 22.3 Å². The van der Waals surface area contributed by atoms with Gasteiger partial charge in [0, 0.05) is 25.8 Å². The smallest absolute Gasteiger partial charge is 0.307 e. The molecule has 0 saturated heterocycles. The van der Waals surface area contributed by atoms with Crippen LogP contribution in [-0.2, 0) is 14.3 Å². The summed E-state index contributed by atoms with van der Waals surface area (Å²) in [7, 11) is 2.86. The second-order valence-electron chi connectivity index (χ2n) is 4.61. The van der Waals surface area contributed by atoms with Crippen molar-refractivity contribution in [3.8, 4) is 5.75 Å². The first-order valence-electron chi connectivity index (χ1n) is 6.64. The molecule has 116 valence electrons. The van der Waals surface area contributed by atoms with Crippen molar-refractivity contribution in [1.82, 2.24) is 4.90 Å². The highest BCUT2D eigenvalue weighted by Crippen LogP contribution is 2.17. The number of carbonyl (C=O) groups is 2. The van der Waals surface area contributed by atoms with Crippen LogP contribution in [0.2, 0.25) is 0 Å². The Morgan fingerprint density at radius 1 is 1.24 bits per heavy atom. The minimum atomic E-state index is -0.368. The second kappa shape index (κ2) is 8.26. The Morgan fingerprint density at radius 2 is 1.95 bits per heavy atom. The van der Waals surface area contributed by atoms with E-state index in [0.29, 0.717) is 24.3 Å². The van der Waals surface area contributed by atoms with Gasteiger partial charge >= 0.3 is 5.97 Å². The standard InChI is InChI=1S/C15H21NO5/c1-11-10-12(17)4-5-13(11)15(19)16(8-9-20-2)7-6-14(18)21-3/h4-5,10,17H,6-9H2,1-3H3. The molecule has 0 saturated carbocycles. The van der Waals surface area contributed by atoms with Gasteiger partial charge < -0.3 is 19.5 Å². The highest BCUT2D eigenvalue weighted by molar-refractivity contribution is 5.96. The van der Waals surface area contributed by atoms with Gasteiger partial charge in [-0.15, -0.1) is 0 Å². The van der Waals surface area contributed by atoms with Gasteiger partial charge in [-0.3, -0.25) is 9.59 Å². The molecule has 0 bridgehead atoms. The van der Waals surface area contributed by atoms with Gasteiger partial charge in [-0.1, -0.05) is 0 Å². The zero-order chi connectivity index (χ0) is 15.8. The van der Waals surface area contributed by atoms with Crippen molar-refractivity contribution < 1.29 is 24.2 Å². The molecule has 0 aliphatic heterocycles. The SMILES string of the molecule is COCCN(CCC(=O)OC)C(=O)c1ccc(O)cc1C. The van der Waals surface area contributed by atoms with E-state index in [4.69, 9.17) is 4.74 Å². The highest BCUT2D eigenvalue weighted by Gasteiger charge is 2.18. The molecular weight excluding hydrogens is 274 g/mol. The minimum Gasteiger partial charge on any atom is -0.508 e. The fraction of sp³-hybridized carbons (Fsp3) is 0.467. The van der Waals surface area contributed by atoms with E-state index in [1.54, 1.807) is 25.0 Å². The Balaban J connectivity index is 2.85. The normalized spacial score (nSPS) is 10.2. The molecule has 21 heavy (non-hydrogen) atoms. The van der Waals surface area contributed by atoms with Crippen LogP contribution in [0.4, 0.5) is 0 Å². The van der Waals surface area contributed by atoms with E-state index in [1.807, 2.05) is 0 Å². The average Bonchev–Trinajstić information content (AvgIpc) is 2.46. The number of aromatic hydroxyl groups is 1. The number of carbonyl (C=O) groups excluding carboxylic acids is 2. The van der Waals surface area contributed by atoms with Gasteiger partial charge in [0.2, 0.25) is 0 Å². The Kier molecular flexibility index (Phi) is 6.68. The maximum atomic E-state index is 12.5. The number of ether oxygens (including phenoxy) is 2. The van der Waals surface area contributed by atoms with E-state index >= 15 is 0 Å². The summed E-state index contributed by atoms with van der Waals surface area (Å²) >= 11 is 0. The zero-order valence-corrected chi connectivity index (χ0v) is 12.6. The molecule has 0 fully saturated rings. The number of phenolic OH excluding ortho intramolecular Hbond substituents is 1. The summed E-state index contributed by atoms with van der Waals surface area (Å²) in [5.74, 6) is -0.455. The zero-order valence-electron chi connectivity index (χ0n) is 12.6. The molecule has 1 N–H and O–H groups in total. The molecule has 0 atom stereocenters. The second-order valence-corrected chi connectivity index (χ2v) is 4.61. The molecule has 0 spiro atoms. The van der Waals surface area contributed by atoms with Crippen LogP contribution in [0.3, 0.4) is 0 Å². The molecule has 0 radical (unpaired) electrons. The van der Waals surface area contributed by atoms with Gasteiger partial charge in [0.15, 0.2) is 0 Å². The Morgan fingerprint density at radius 3 is 2.52 bits per heavy atom. The summed E-state index contributed by atoms with van der Waals surface area (Å²) < 4.78 is 9.58. The van der Waals surface area contributed by atoms with Crippen molar-refractivity contribution in [1.29, 1.82) is 0 Å². The molecule has 0 heterocycles. The molecular formula is C15H21NO5. The lowest BCUT2D eigenvalue weighted by molar-refractivity contribution is -0.140. The topological polar surface area (TPSA) is 76.1 Å². The fourth-order valence-electron chi connectivity index (χ4n) is 1.90. The van der Waals surface area contributed by atoms with Gasteiger partial charge in [0.05, 0.1) is 20.1 Å². The number of esters is 1. The Labute approximate surface area is 124 Å². The molecule has 1 amide bonds. The summed E-state index contributed by atoms with van der Waals surface area (Å²) in [4.78, 5) is 25.3. The van der Waals surface area contributed by atoms with Crippen molar-refractivity contribution in [3.05, 3.63) is 29.3 Å². The number of amides is 1. The highest BCUT2D eigenvalue weighted by atomic mass is 16.5. The largest absolute Gasteiger partial charge is 0.508 e. The maximum absolute atomic E-state index is 12.5. The van der Waals surface area contributed by atoms with Crippen molar-refractivity contribution in [3.63, 3.8) is 0 Å². The average molecular weight is 295 g/mol. The third kappa shape index (κ3) is 5.07. The molecule has 0 aliphatic rings. The van der Waals surface area contributed by atoms with Crippen LogP contribution >= 0.6 is 0 Å². The van der Waals surface area contributed by atoms with Crippen molar-refractivity contribution >= 4 is 11.9 Å². The van der Waals surface area contributed by atoms with E-state index in [2.05, 4.69) is 4.74 Å². The summed E-state index contributed by atoms with van der Waals surface area (Å²) in [6.07, 6.45) is 0.128. The molecule has 6 nitrogen and oxygen atoms in total. The summed E-state index contributed by atoms with van der Waals surface area (Å²) in [6, 6.07) is 4.57. The summed E-state index contributed by atoms with van der Waals surface area (Å²) in [6.45, 7) is 2.77. The van der Waals surface area contributed by atoms with E-state index in [1.165, 1.54) is 19.2 Å². The fourth-order valence-corrected chi connectivity index (χ4v) is 1.90. The third-order valence-electron chi connectivity index (χ3n) is 3.11. The van der Waals surface area contributed by atoms with E-state index < -0.39 is 0 Å². The quantitative estimate of drug-likeness (QED) is 0.768. The van der Waals surface area contributed by atoms with E-state index in [9.17, 15) is 14.7 Å². The lowest BCUT2D eigenvalue weighted by Gasteiger charge is -2.22. The minimum absolute atomic E-state index is 0.113. The van der Waals surface area contributed by atoms with Crippen LogP contribution in [0.25, 0.3) is 0 Å². The van der Waals surface area contributed by atoms with Gasteiger partial charge in [0.1, 0.15) is 5.75 Å². The molecule has 0 unspecified atom stereocenters. The molecule has 6 heteroatoms. The first kappa shape index (κ1) is 17.0. The molecule has 1 aromatic rings. The van der Waals surface area contributed by atoms with Gasteiger partial charge in [0.25, 0.3) is 5.91 Å². The first-order valence-corrected chi connectivity index (χ1v) is 6.64. The molecule has 1 rings (SSSR count). The number of hydrogen-bond acceptors (Lipinski definition) is 5. The van der Waals surface area contributed by atoms with E-state index in [0.717, 1.165) is 0 Å². The van der Waals surface area contributed by atoms with Crippen LogP contribution in [0, 0.1) is 6.92 Å². The number of hydrogen-bond donors (Lipinski definition) is 1. The van der Waals surface area contributed by atoms with E-state index in [-0.39, 0.29) is 30.6 Å². The van der Waals surface area contributed by atoms with Gasteiger partial charge in [-0.05, 0) is 30.7 Å². The Bertz CT molecular complexity index is 501. The number of rotatable bonds is 7. The van der Waals surface area contributed by atoms with Gasteiger partial charge in [-0.2, -0.15) is 0 Å². The lowest BCUT2D eigenvalue weighted by Crippen LogP contribution is -2.36. The predicted molar refractivity (Wildman–Crippen MR) is 77.3 cm³/mol. The number of methoxy groups -OCH3 is 2. The van der Waals surface area contributed by atoms with Crippen LogP contribution < -0.4 is 0 Å². The number of aryl methyl sites for hydroxylation is 1. The number of nitrogens with zero attached hydrogens (tertiary/aromatic N) is 1. The molecule has 0 aromatic heterocycles. The van der Waals surface area contributed by atoms with Crippen molar-refractivity contribution in [2.45, 2.75) is 13.3 Å². The molecule has 1 aromatic carbocycles. The summed E-state index contributed by atoms with van der Waals surface area (Å²) in [5, 5.41) is 9.40. The first-order chi connectivity index (χ1) is 9.99. The predicted octanol–water partition coefficient (Wildman–Crippen LogP) is 1.35. The monoisotopic (exact) mass is 295 g/mol. The van der Waals surface area contributed by atoms with Crippen molar-refractivity contribution in [2.75, 3.05) is 33.9 Å². The van der Waals surface area contributed by atoms with Crippen molar-refractivity contribution in [2.24, 2.45) is 0 Å². The van der Waals surface area contributed by atoms with Gasteiger partial charge in [-0.25, -0.2) is 0 Å².